The number of carbonyl (C=O) groups is 2. The number of hydrogen-bond acceptors (Lipinski definition) is 4. The van der Waals surface area contributed by atoms with Crippen LogP contribution in [0.5, 0.6) is 5.75 Å². The summed E-state index contributed by atoms with van der Waals surface area (Å²) in [6.45, 7) is 4.19. The molecule has 1 N–H and O–H groups in total. The largest absolute Gasteiger partial charge is 0.497 e. The molecule has 0 aliphatic carbocycles. The fraction of sp³-hybridized carbons (Fsp3) is 0.391. The summed E-state index contributed by atoms with van der Waals surface area (Å²) in [5, 5.41) is 2.89. The van der Waals surface area contributed by atoms with Crippen molar-refractivity contribution in [3.05, 3.63) is 59.9 Å². The molecule has 0 aromatic heterocycles. The number of amides is 2. The Labute approximate surface area is 176 Å². The lowest BCUT2D eigenvalue weighted by molar-refractivity contribution is -0.131. The zero-order valence-corrected chi connectivity index (χ0v) is 17.4. The standard InChI is InChI=1S/C23H28FN3O3/c1-17(28)25-22(18-4-10-21(30-2)11-5-18)16-23(29)27-13-3-12-26(14-15-27)20-8-6-19(24)7-9-20/h4-11,22H,3,12-16H2,1-2H3,(H,25,28). The van der Waals surface area contributed by atoms with Crippen LogP contribution < -0.4 is 15.0 Å². The first kappa shape index (κ1) is 21.6. The predicted octanol–water partition coefficient (Wildman–Crippen LogP) is 3.14. The van der Waals surface area contributed by atoms with Gasteiger partial charge in [0.25, 0.3) is 0 Å². The van der Waals surface area contributed by atoms with Crippen molar-refractivity contribution in [1.82, 2.24) is 10.2 Å². The quantitative estimate of drug-likeness (QED) is 0.790. The lowest BCUT2D eigenvalue weighted by Gasteiger charge is -2.25. The highest BCUT2D eigenvalue weighted by molar-refractivity contribution is 5.79. The third-order valence-electron chi connectivity index (χ3n) is 5.31. The van der Waals surface area contributed by atoms with Crippen LogP contribution in [0.15, 0.2) is 48.5 Å². The van der Waals surface area contributed by atoms with E-state index in [1.165, 1.54) is 19.1 Å². The van der Waals surface area contributed by atoms with Crippen LogP contribution in [0.2, 0.25) is 0 Å². The van der Waals surface area contributed by atoms with Crippen LogP contribution in [0.3, 0.4) is 0 Å². The molecular formula is C23H28FN3O3. The molecule has 0 bridgehead atoms. The van der Waals surface area contributed by atoms with Gasteiger partial charge >= 0.3 is 0 Å². The second kappa shape index (κ2) is 10.1. The van der Waals surface area contributed by atoms with Crippen molar-refractivity contribution < 1.29 is 18.7 Å². The minimum Gasteiger partial charge on any atom is -0.497 e. The van der Waals surface area contributed by atoms with E-state index in [1.54, 1.807) is 19.2 Å². The topological polar surface area (TPSA) is 61.9 Å². The maximum atomic E-state index is 13.2. The van der Waals surface area contributed by atoms with Crippen LogP contribution in [-0.2, 0) is 9.59 Å². The van der Waals surface area contributed by atoms with Gasteiger partial charge in [0.15, 0.2) is 0 Å². The number of rotatable bonds is 6. The predicted molar refractivity (Wildman–Crippen MR) is 114 cm³/mol. The second-order valence-electron chi connectivity index (χ2n) is 7.43. The van der Waals surface area contributed by atoms with Crippen molar-refractivity contribution in [1.29, 1.82) is 0 Å². The van der Waals surface area contributed by atoms with Gasteiger partial charge in [-0.3, -0.25) is 9.59 Å². The summed E-state index contributed by atoms with van der Waals surface area (Å²) in [5.41, 5.74) is 1.82. The number of carbonyl (C=O) groups excluding carboxylic acids is 2. The molecule has 1 unspecified atom stereocenters. The summed E-state index contributed by atoms with van der Waals surface area (Å²) in [4.78, 5) is 28.7. The van der Waals surface area contributed by atoms with Gasteiger partial charge in [0.1, 0.15) is 11.6 Å². The molecule has 2 aromatic rings. The van der Waals surface area contributed by atoms with E-state index in [-0.39, 0.29) is 24.1 Å². The highest BCUT2D eigenvalue weighted by Gasteiger charge is 2.24. The summed E-state index contributed by atoms with van der Waals surface area (Å²) < 4.78 is 18.4. The number of anilines is 1. The third-order valence-corrected chi connectivity index (χ3v) is 5.31. The van der Waals surface area contributed by atoms with Gasteiger partial charge in [0.05, 0.1) is 19.6 Å². The molecule has 6 nitrogen and oxygen atoms in total. The maximum Gasteiger partial charge on any atom is 0.225 e. The van der Waals surface area contributed by atoms with Crippen molar-refractivity contribution in [3.8, 4) is 5.75 Å². The highest BCUT2D eigenvalue weighted by Crippen LogP contribution is 2.22. The molecule has 0 spiro atoms. The first-order valence-corrected chi connectivity index (χ1v) is 10.2. The second-order valence-corrected chi connectivity index (χ2v) is 7.43. The van der Waals surface area contributed by atoms with Crippen molar-refractivity contribution >= 4 is 17.5 Å². The summed E-state index contributed by atoms with van der Waals surface area (Å²) in [5.74, 6) is 0.292. The van der Waals surface area contributed by atoms with Crippen LogP contribution >= 0.6 is 0 Å². The molecule has 0 radical (unpaired) electrons. The molecule has 0 saturated carbocycles. The van der Waals surface area contributed by atoms with Gasteiger partial charge in [0.2, 0.25) is 11.8 Å². The molecule has 1 heterocycles. The molecule has 2 aromatic carbocycles. The monoisotopic (exact) mass is 413 g/mol. The minimum absolute atomic E-state index is 0.00511. The average Bonchev–Trinajstić information content (AvgIpc) is 3.00. The van der Waals surface area contributed by atoms with Gasteiger partial charge in [-0.05, 0) is 48.4 Å². The lowest BCUT2D eigenvalue weighted by atomic mass is 10.0. The number of hydrogen-bond donors (Lipinski definition) is 1. The number of methoxy groups -OCH3 is 1. The molecule has 1 aliphatic heterocycles. The van der Waals surface area contributed by atoms with E-state index in [0.717, 1.165) is 30.0 Å². The fourth-order valence-corrected chi connectivity index (χ4v) is 3.71. The number of halogens is 1. The van der Waals surface area contributed by atoms with Crippen LogP contribution in [-0.4, -0.2) is 50.0 Å². The summed E-state index contributed by atoms with van der Waals surface area (Å²) in [6.07, 6.45) is 1.03. The number of ether oxygens (including phenoxy) is 1. The fourth-order valence-electron chi connectivity index (χ4n) is 3.71. The van der Waals surface area contributed by atoms with Gasteiger partial charge in [-0.25, -0.2) is 4.39 Å². The Morgan fingerprint density at radius 2 is 1.73 bits per heavy atom. The van der Waals surface area contributed by atoms with Crippen molar-refractivity contribution in [2.24, 2.45) is 0 Å². The maximum absolute atomic E-state index is 13.2. The van der Waals surface area contributed by atoms with Crippen LogP contribution in [0.25, 0.3) is 0 Å². The Hall–Kier alpha value is -3.09. The molecule has 160 valence electrons. The van der Waals surface area contributed by atoms with Crippen molar-refractivity contribution in [2.45, 2.75) is 25.8 Å². The van der Waals surface area contributed by atoms with E-state index in [1.807, 2.05) is 29.2 Å². The SMILES string of the molecule is COc1ccc(C(CC(=O)N2CCCN(c3ccc(F)cc3)CC2)NC(C)=O)cc1. The molecular weight excluding hydrogens is 385 g/mol. The Morgan fingerprint density at radius 1 is 1.03 bits per heavy atom. The van der Waals surface area contributed by atoms with E-state index < -0.39 is 6.04 Å². The van der Waals surface area contributed by atoms with Gasteiger partial charge in [0, 0.05) is 38.8 Å². The van der Waals surface area contributed by atoms with Gasteiger partial charge < -0.3 is 19.9 Å². The van der Waals surface area contributed by atoms with Gasteiger partial charge in [-0.15, -0.1) is 0 Å². The van der Waals surface area contributed by atoms with E-state index in [0.29, 0.717) is 19.6 Å². The number of nitrogens with one attached hydrogen (secondary N) is 1. The highest BCUT2D eigenvalue weighted by atomic mass is 19.1. The smallest absolute Gasteiger partial charge is 0.225 e. The Balaban J connectivity index is 1.64. The van der Waals surface area contributed by atoms with Crippen molar-refractivity contribution in [3.63, 3.8) is 0 Å². The molecule has 30 heavy (non-hydrogen) atoms. The third kappa shape index (κ3) is 5.72. The first-order chi connectivity index (χ1) is 14.5. The zero-order valence-electron chi connectivity index (χ0n) is 17.4. The molecule has 1 saturated heterocycles. The number of nitrogens with zero attached hydrogens (tertiary/aromatic N) is 2. The van der Waals surface area contributed by atoms with E-state index >= 15 is 0 Å². The van der Waals surface area contributed by atoms with Gasteiger partial charge in [-0.1, -0.05) is 12.1 Å². The first-order valence-electron chi connectivity index (χ1n) is 10.2. The van der Waals surface area contributed by atoms with Crippen LogP contribution in [0, 0.1) is 5.82 Å². The lowest BCUT2D eigenvalue weighted by Crippen LogP contribution is -2.38. The average molecular weight is 413 g/mol. The van der Waals surface area contributed by atoms with Crippen LogP contribution in [0.1, 0.15) is 31.4 Å². The molecule has 1 aliphatic rings. The Kier molecular flexibility index (Phi) is 7.27. The van der Waals surface area contributed by atoms with Crippen molar-refractivity contribution in [2.75, 3.05) is 38.2 Å². The molecule has 1 atom stereocenters. The summed E-state index contributed by atoms with van der Waals surface area (Å²) >= 11 is 0. The summed E-state index contributed by atoms with van der Waals surface area (Å²) in [7, 11) is 1.60. The summed E-state index contributed by atoms with van der Waals surface area (Å²) in [6, 6.07) is 13.4. The zero-order chi connectivity index (χ0) is 21.5. The molecule has 7 heteroatoms. The van der Waals surface area contributed by atoms with E-state index in [9.17, 15) is 14.0 Å². The van der Waals surface area contributed by atoms with E-state index in [2.05, 4.69) is 10.2 Å². The molecule has 3 rings (SSSR count). The molecule has 1 fully saturated rings. The van der Waals surface area contributed by atoms with E-state index in [4.69, 9.17) is 4.74 Å². The van der Waals surface area contributed by atoms with Gasteiger partial charge in [-0.2, -0.15) is 0 Å². The Morgan fingerprint density at radius 3 is 2.37 bits per heavy atom. The minimum atomic E-state index is -0.391. The van der Waals surface area contributed by atoms with Crippen LogP contribution in [0.4, 0.5) is 10.1 Å². The molecule has 2 amide bonds. The Bertz CT molecular complexity index is 855. The number of benzene rings is 2. The normalized spacial score (nSPS) is 15.3.